The lowest BCUT2D eigenvalue weighted by molar-refractivity contribution is -0.124. The molecular formula is C17H28N2O2. The number of rotatable bonds is 8. The van der Waals surface area contributed by atoms with Crippen LogP contribution in [0.4, 0.5) is 0 Å². The van der Waals surface area contributed by atoms with Gasteiger partial charge in [0.1, 0.15) is 5.75 Å². The number of carbonyl (C=O) groups is 1. The summed E-state index contributed by atoms with van der Waals surface area (Å²) in [6.45, 7) is 9.99. The number of benzene rings is 1. The molecule has 0 unspecified atom stereocenters. The second-order valence-electron chi connectivity index (χ2n) is 6.26. The van der Waals surface area contributed by atoms with Crippen molar-refractivity contribution in [2.24, 2.45) is 0 Å². The number of carbonyl (C=O) groups excluding carboxylic acids is 1. The Labute approximate surface area is 128 Å². The molecule has 0 fully saturated rings. The molecule has 4 nitrogen and oxygen atoms in total. The second-order valence-corrected chi connectivity index (χ2v) is 6.26. The van der Waals surface area contributed by atoms with Crippen molar-refractivity contribution in [3.8, 4) is 5.75 Å². The van der Waals surface area contributed by atoms with Crippen molar-refractivity contribution in [3.05, 3.63) is 29.8 Å². The van der Waals surface area contributed by atoms with Gasteiger partial charge in [0.2, 0.25) is 0 Å². The average molecular weight is 292 g/mol. The summed E-state index contributed by atoms with van der Waals surface area (Å²) in [5.41, 5.74) is 0.992. The molecule has 0 heterocycles. The van der Waals surface area contributed by atoms with Gasteiger partial charge in [-0.2, -0.15) is 0 Å². The molecule has 118 valence electrons. The normalized spacial score (nSPS) is 11.2. The van der Waals surface area contributed by atoms with Gasteiger partial charge in [-0.3, -0.25) is 4.79 Å². The van der Waals surface area contributed by atoms with Crippen LogP contribution in [-0.4, -0.2) is 24.6 Å². The quantitative estimate of drug-likeness (QED) is 0.724. The maximum Gasteiger partial charge on any atom is 0.258 e. The van der Waals surface area contributed by atoms with E-state index in [0.29, 0.717) is 0 Å². The fourth-order valence-electron chi connectivity index (χ4n) is 1.84. The smallest absolute Gasteiger partial charge is 0.258 e. The van der Waals surface area contributed by atoms with Crippen molar-refractivity contribution >= 4 is 5.91 Å². The minimum absolute atomic E-state index is 0.0470. The fraction of sp³-hybridized carbons (Fsp3) is 0.588. The lowest BCUT2D eigenvalue weighted by Gasteiger charge is -2.20. The van der Waals surface area contributed by atoms with Crippen molar-refractivity contribution in [1.29, 1.82) is 0 Å². The number of ether oxygens (including phenoxy) is 1. The molecule has 21 heavy (non-hydrogen) atoms. The molecule has 0 spiro atoms. The van der Waals surface area contributed by atoms with Gasteiger partial charge < -0.3 is 15.4 Å². The maximum atomic E-state index is 11.7. The molecule has 0 radical (unpaired) electrons. The molecular weight excluding hydrogens is 264 g/mol. The van der Waals surface area contributed by atoms with Gasteiger partial charge in [-0.25, -0.2) is 0 Å². The van der Waals surface area contributed by atoms with Crippen molar-refractivity contribution in [1.82, 2.24) is 10.6 Å². The van der Waals surface area contributed by atoms with Gasteiger partial charge in [-0.05, 0) is 51.4 Å². The zero-order valence-electron chi connectivity index (χ0n) is 13.7. The summed E-state index contributed by atoms with van der Waals surface area (Å²) in [5.74, 6) is 0.615. The Morgan fingerprint density at radius 2 is 1.86 bits per heavy atom. The third-order valence-electron chi connectivity index (χ3n) is 2.84. The number of amides is 1. The lowest BCUT2D eigenvalue weighted by Crippen LogP contribution is -2.43. The molecule has 0 aromatic heterocycles. The van der Waals surface area contributed by atoms with Crippen molar-refractivity contribution in [2.45, 2.75) is 52.6 Å². The van der Waals surface area contributed by atoms with Gasteiger partial charge in [0.15, 0.2) is 6.61 Å². The number of nitrogens with one attached hydrogen (secondary N) is 2. The highest BCUT2D eigenvalue weighted by molar-refractivity contribution is 5.78. The van der Waals surface area contributed by atoms with Crippen LogP contribution in [-0.2, 0) is 11.3 Å². The van der Waals surface area contributed by atoms with E-state index >= 15 is 0 Å². The third-order valence-corrected chi connectivity index (χ3v) is 2.84. The van der Waals surface area contributed by atoms with E-state index in [1.165, 1.54) is 18.4 Å². The zero-order valence-corrected chi connectivity index (χ0v) is 13.7. The summed E-state index contributed by atoms with van der Waals surface area (Å²) in [4.78, 5) is 11.7. The van der Waals surface area contributed by atoms with Crippen LogP contribution in [0.5, 0.6) is 5.75 Å². The SMILES string of the molecule is CCCCNCc1ccc(OCC(=O)NC(C)(C)C)cc1. The molecule has 0 saturated heterocycles. The summed E-state index contributed by atoms with van der Waals surface area (Å²) in [5, 5.41) is 6.26. The number of unbranched alkanes of at least 4 members (excludes halogenated alkanes) is 1. The molecule has 0 aliphatic heterocycles. The predicted molar refractivity (Wildman–Crippen MR) is 86.4 cm³/mol. The molecule has 0 saturated carbocycles. The van der Waals surface area contributed by atoms with Crippen LogP contribution in [0.25, 0.3) is 0 Å². The summed E-state index contributed by atoms with van der Waals surface area (Å²) < 4.78 is 5.48. The molecule has 0 atom stereocenters. The Morgan fingerprint density at radius 1 is 1.19 bits per heavy atom. The summed E-state index contributed by atoms with van der Waals surface area (Å²) in [6.07, 6.45) is 2.40. The first-order valence-corrected chi connectivity index (χ1v) is 7.64. The van der Waals surface area contributed by atoms with Crippen LogP contribution in [0.1, 0.15) is 46.1 Å². The van der Waals surface area contributed by atoms with Gasteiger partial charge in [0.05, 0.1) is 0 Å². The van der Waals surface area contributed by atoms with E-state index in [1.807, 2.05) is 45.0 Å². The molecule has 1 amide bonds. The van der Waals surface area contributed by atoms with Crippen LogP contribution in [0.2, 0.25) is 0 Å². The van der Waals surface area contributed by atoms with E-state index in [1.54, 1.807) is 0 Å². The second kappa shape index (κ2) is 8.67. The topological polar surface area (TPSA) is 50.4 Å². The van der Waals surface area contributed by atoms with Gasteiger partial charge in [0.25, 0.3) is 5.91 Å². The number of hydrogen-bond donors (Lipinski definition) is 2. The minimum Gasteiger partial charge on any atom is -0.484 e. The highest BCUT2D eigenvalue weighted by Crippen LogP contribution is 2.12. The van der Waals surface area contributed by atoms with Crippen molar-refractivity contribution in [2.75, 3.05) is 13.2 Å². The van der Waals surface area contributed by atoms with Gasteiger partial charge in [-0.1, -0.05) is 25.5 Å². The number of hydrogen-bond acceptors (Lipinski definition) is 3. The van der Waals surface area contributed by atoms with Crippen molar-refractivity contribution in [3.63, 3.8) is 0 Å². The highest BCUT2D eigenvalue weighted by atomic mass is 16.5. The first-order chi connectivity index (χ1) is 9.90. The Kier molecular flexibility index (Phi) is 7.23. The molecule has 0 aliphatic carbocycles. The van der Waals surface area contributed by atoms with E-state index < -0.39 is 0 Å². The van der Waals surface area contributed by atoms with E-state index in [0.717, 1.165) is 18.8 Å². The molecule has 0 aliphatic rings. The monoisotopic (exact) mass is 292 g/mol. The first-order valence-electron chi connectivity index (χ1n) is 7.64. The standard InChI is InChI=1S/C17H28N2O2/c1-5-6-11-18-12-14-7-9-15(10-8-14)21-13-16(20)19-17(2,3)4/h7-10,18H,5-6,11-13H2,1-4H3,(H,19,20). The summed E-state index contributed by atoms with van der Waals surface area (Å²) >= 11 is 0. The largest absolute Gasteiger partial charge is 0.484 e. The highest BCUT2D eigenvalue weighted by Gasteiger charge is 2.13. The molecule has 2 N–H and O–H groups in total. The van der Waals surface area contributed by atoms with Crippen molar-refractivity contribution < 1.29 is 9.53 Å². The average Bonchev–Trinajstić information content (AvgIpc) is 2.41. The lowest BCUT2D eigenvalue weighted by atomic mass is 10.1. The molecule has 1 aromatic carbocycles. The summed E-state index contributed by atoms with van der Waals surface area (Å²) in [6, 6.07) is 7.86. The van der Waals surface area contributed by atoms with Crippen LogP contribution in [0.3, 0.4) is 0 Å². The Bertz CT molecular complexity index is 421. The Morgan fingerprint density at radius 3 is 2.43 bits per heavy atom. The van der Waals surface area contributed by atoms with Gasteiger partial charge in [-0.15, -0.1) is 0 Å². The van der Waals surface area contributed by atoms with Crippen LogP contribution in [0.15, 0.2) is 24.3 Å². The Balaban J connectivity index is 2.32. The first kappa shape index (κ1) is 17.5. The molecule has 4 heteroatoms. The van der Waals surface area contributed by atoms with E-state index in [2.05, 4.69) is 17.6 Å². The van der Waals surface area contributed by atoms with Crippen LogP contribution in [0, 0.1) is 0 Å². The van der Waals surface area contributed by atoms with E-state index in [4.69, 9.17) is 4.74 Å². The predicted octanol–water partition coefficient (Wildman–Crippen LogP) is 2.87. The molecule has 1 rings (SSSR count). The van der Waals surface area contributed by atoms with Gasteiger partial charge in [0, 0.05) is 12.1 Å². The van der Waals surface area contributed by atoms with E-state index in [-0.39, 0.29) is 18.1 Å². The zero-order chi connectivity index (χ0) is 15.7. The van der Waals surface area contributed by atoms with Gasteiger partial charge >= 0.3 is 0 Å². The van der Waals surface area contributed by atoms with Crippen LogP contribution >= 0.6 is 0 Å². The minimum atomic E-state index is -0.228. The summed E-state index contributed by atoms with van der Waals surface area (Å²) in [7, 11) is 0. The van der Waals surface area contributed by atoms with E-state index in [9.17, 15) is 4.79 Å². The Hall–Kier alpha value is -1.55. The molecule has 1 aromatic rings. The van der Waals surface area contributed by atoms with Crippen LogP contribution < -0.4 is 15.4 Å². The molecule has 0 bridgehead atoms. The fourth-order valence-corrected chi connectivity index (χ4v) is 1.84. The maximum absolute atomic E-state index is 11.7. The third kappa shape index (κ3) is 8.35.